The van der Waals surface area contributed by atoms with Gasteiger partial charge >= 0.3 is 6.03 Å². The number of urea groups is 1. The predicted molar refractivity (Wildman–Crippen MR) is 159 cm³/mol. The number of carbonyl (C=O) groups is 1. The van der Waals surface area contributed by atoms with Gasteiger partial charge in [-0.15, -0.1) is 0 Å². The van der Waals surface area contributed by atoms with Gasteiger partial charge in [0.25, 0.3) is 10.0 Å². The second-order valence-corrected chi connectivity index (χ2v) is 16.1. The van der Waals surface area contributed by atoms with E-state index in [1.54, 1.807) is 12.1 Å². The van der Waals surface area contributed by atoms with Gasteiger partial charge in [-0.25, -0.2) is 17.9 Å². The predicted octanol–water partition coefficient (Wildman–Crippen LogP) is 6.67. The van der Waals surface area contributed by atoms with Crippen LogP contribution in [0.1, 0.15) is 97.5 Å². The van der Waals surface area contributed by atoms with Gasteiger partial charge in [0.15, 0.2) is 0 Å². The SMILES string of the molecule is CC[C@H]1[C@@H](O)[C@@H]2[C@H](CC[C@]3(C)[C@@H]([C@H](C)CCNC(=O)NS(=O)(=O)c4ccc(C)cc4)CC[C@@H]23)[C@@]2(C)CCCC[C@@H]12. The second-order valence-electron chi connectivity index (χ2n) is 14.4. The number of aliphatic hydroxyl groups is 1. The van der Waals surface area contributed by atoms with Gasteiger partial charge in [-0.05, 0) is 116 Å². The second kappa shape index (κ2) is 11.2. The summed E-state index contributed by atoms with van der Waals surface area (Å²) in [5.74, 6) is 3.71. The standard InChI is InChI=1S/C33H52N2O4S/c1-6-24-26-9-7-8-18-32(26,4)28-16-19-33(5)25(14-15-27(33)29(28)30(24)36)22(3)17-20-34-31(37)35-40(38,39)23-12-10-21(2)11-13-23/h10-13,22,24-30,36H,6-9,14-20H2,1-5H3,(H2,34,35,37)/t22-,24-,25-,26+,27+,28+,29+,30-,32+,33-/m1/s1. The van der Waals surface area contributed by atoms with Gasteiger partial charge < -0.3 is 10.4 Å². The number of benzene rings is 1. The summed E-state index contributed by atoms with van der Waals surface area (Å²) in [7, 11) is -3.89. The van der Waals surface area contributed by atoms with Crippen molar-refractivity contribution in [2.75, 3.05) is 6.54 Å². The van der Waals surface area contributed by atoms with Crippen LogP contribution in [0.4, 0.5) is 4.79 Å². The molecule has 3 N–H and O–H groups in total. The minimum absolute atomic E-state index is 0.0887. The molecule has 224 valence electrons. The van der Waals surface area contributed by atoms with Gasteiger partial charge in [0.05, 0.1) is 11.0 Å². The molecule has 10 atom stereocenters. The normalized spacial score (nSPS) is 39.9. The molecule has 0 saturated heterocycles. The van der Waals surface area contributed by atoms with Gasteiger partial charge in [0.1, 0.15) is 0 Å². The average molecular weight is 573 g/mol. The van der Waals surface area contributed by atoms with E-state index in [4.69, 9.17) is 0 Å². The Morgan fingerprint density at radius 1 is 1.00 bits per heavy atom. The number of rotatable bonds is 7. The fourth-order valence-electron chi connectivity index (χ4n) is 10.6. The first-order valence-electron chi connectivity index (χ1n) is 16.0. The number of hydrogen-bond acceptors (Lipinski definition) is 4. The van der Waals surface area contributed by atoms with Crippen molar-refractivity contribution >= 4 is 16.1 Å². The van der Waals surface area contributed by atoms with Gasteiger partial charge in [0, 0.05) is 6.54 Å². The van der Waals surface area contributed by atoms with Crippen LogP contribution in [0.25, 0.3) is 0 Å². The highest BCUT2D eigenvalue weighted by Crippen LogP contribution is 2.69. The zero-order valence-electron chi connectivity index (χ0n) is 25.3. The summed E-state index contributed by atoms with van der Waals surface area (Å²) in [6, 6.07) is 5.80. The molecule has 7 heteroatoms. The summed E-state index contributed by atoms with van der Waals surface area (Å²) < 4.78 is 27.3. The largest absolute Gasteiger partial charge is 0.393 e. The zero-order chi connectivity index (χ0) is 28.9. The molecule has 4 fully saturated rings. The summed E-state index contributed by atoms with van der Waals surface area (Å²) in [4.78, 5) is 12.6. The third-order valence-electron chi connectivity index (χ3n) is 12.5. The molecule has 4 aliphatic carbocycles. The molecular weight excluding hydrogens is 520 g/mol. The van der Waals surface area contributed by atoms with Crippen molar-refractivity contribution in [3.05, 3.63) is 29.8 Å². The molecule has 0 aromatic heterocycles. The van der Waals surface area contributed by atoms with Crippen molar-refractivity contribution in [2.24, 2.45) is 52.3 Å². The van der Waals surface area contributed by atoms with E-state index >= 15 is 0 Å². The van der Waals surface area contributed by atoms with E-state index < -0.39 is 16.1 Å². The third-order valence-corrected chi connectivity index (χ3v) is 13.9. The first-order valence-corrected chi connectivity index (χ1v) is 17.5. The van der Waals surface area contributed by atoms with Crippen LogP contribution < -0.4 is 10.0 Å². The monoisotopic (exact) mass is 572 g/mol. The van der Waals surface area contributed by atoms with Gasteiger partial charge in [0.2, 0.25) is 0 Å². The van der Waals surface area contributed by atoms with Crippen LogP contribution in [0.5, 0.6) is 0 Å². The van der Waals surface area contributed by atoms with Crippen LogP contribution in [0.15, 0.2) is 29.2 Å². The Hall–Kier alpha value is -1.60. The maximum atomic E-state index is 12.6. The molecule has 1 aromatic rings. The van der Waals surface area contributed by atoms with Gasteiger partial charge in [-0.1, -0.05) is 64.7 Å². The van der Waals surface area contributed by atoms with Crippen molar-refractivity contribution < 1.29 is 18.3 Å². The lowest BCUT2D eigenvalue weighted by molar-refractivity contribution is -0.194. The Labute approximate surface area is 242 Å². The number of aryl methyl sites for hydroxylation is 1. The summed E-state index contributed by atoms with van der Waals surface area (Å²) in [6.45, 7) is 12.0. The van der Waals surface area contributed by atoms with Crippen LogP contribution in [0.2, 0.25) is 0 Å². The molecule has 4 saturated carbocycles. The number of hydrogen-bond donors (Lipinski definition) is 3. The maximum absolute atomic E-state index is 12.6. The van der Waals surface area contributed by atoms with Crippen LogP contribution in [-0.2, 0) is 10.0 Å². The highest BCUT2D eigenvalue weighted by atomic mass is 32.2. The number of fused-ring (bicyclic) bond motifs is 5. The lowest BCUT2D eigenvalue weighted by Gasteiger charge is -2.64. The smallest absolute Gasteiger partial charge is 0.328 e. The lowest BCUT2D eigenvalue weighted by Crippen LogP contribution is -2.61. The summed E-state index contributed by atoms with van der Waals surface area (Å²) in [5, 5.41) is 14.7. The van der Waals surface area contributed by atoms with Crippen LogP contribution >= 0.6 is 0 Å². The fourth-order valence-corrected chi connectivity index (χ4v) is 11.5. The Morgan fingerprint density at radius 3 is 2.40 bits per heavy atom. The third kappa shape index (κ3) is 5.12. The highest BCUT2D eigenvalue weighted by Gasteiger charge is 2.64. The Morgan fingerprint density at radius 2 is 1.70 bits per heavy atom. The minimum Gasteiger partial charge on any atom is -0.393 e. The van der Waals surface area contributed by atoms with Crippen LogP contribution in [0.3, 0.4) is 0 Å². The molecule has 0 spiro atoms. The molecule has 40 heavy (non-hydrogen) atoms. The van der Waals surface area contributed by atoms with Crippen LogP contribution in [0, 0.1) is 59.2 Å². The van der Waals surface area contributed by atoms with Crippen molar-refractivity contribution in [3.8, 4) is 0 Å². The van der Waals surface area contributed by atoms with Crippen molar-refractivity contribution in [1.29, 1.82) is 0 Å². The molecule has 0 bridgehead atoms. The fraction of sp³-hybridized carbons (Fsp3) is 0.788. The van der Waals surface area contributed by atoms with Crippen molar-refractivity contribution in [3.63, 3.8) is 0 Å². The van der Waals surface area contributed by atoms with Crippen molar-refractivity contribution in [1.82, 2.24) is 10.0 Å². The highest BCUT2D eigenvalue weighted by molar-refractivity contribution is 7.90. The van der Waals surface area contributed by atoms with E-state index in [9.17, 15) is 18.3 Å². The van der Waals surface area contributed by atoms with E-state index in [2.05, 4.69) is 37.7 Å². The topological polar surface area (TPSA) is 95.5 Å². The van der Waals surface area contributed by atoms with Crippen molar-refractivity contribution in [2.45, 2.75) is 110 Å². The molecule has 1 aromatic carbocycles. The molecule has 0 aliphatic heterocycles. The molecule has 0 unspecified atom stereocenters. The molecular formula is C33H52N2O4S. The Balaban J connectivity index is 1.21. The van der Waals surface area contributed by atoms with Crippen LogP contribution in [-0.4, -0.2) is 32.2 Å². The molecule has 5 rings (SSSR count). The quantitative estimate of drug-likeness (QED) is 0.340. The number of sulfonamides is 1. The number of amides is 2. The van der Waals surface area contributed by atoms with E-state index in [1.165, 1.54) is 63.5 Å². The number of carbonyl (C=O) groups excluding carboxylic acids is 1. The van der Waals surface area contributed by atoms with E-state index in [-0.39, 0.29) is 16.4 Å². The number of nitrogens with one attached hydrogen (secondary N) is 2. The van der Waals surface area contributed by atoms with E-state index in [0.717, 1.165) is 18.4 Å². The average Bonchev–Trinajstić information content (AvgIpc) is 3.26. The summed E-state index contributed by atoms with van der Waals surface area (Å²) >= 11 is 0. The first-order chi connectivity index (χ1) is 18.9. The molecule has 4 aliphatic rings. The Bertz CT molecular complexity index is 1170. The molecule has 2 amide bonds. The van der Waals surface area contributed by atoms with Gasteiger partial charge in [-0.2, -0.15) is 0 Å². The summed E-state index contributed by atoms with van der Waals surface area (Å²) in [6.07, 6.45) is 11.9. The van der Waals surface area contributed by atoms with E-state index in [0.29, 0.717) is 53.4 Å². The Kier molecular flexibility index (Phi) is 8.40. The molecule has 0 heterocycles. The maximum Gasteiger partial charge on any atom is 0.328 e. The summed E-state index contributed by atoms with van der Waals surface area (Å²) in [5.41, 5.74) is 1.56. The molecule has 0 radical (unpaired) electrons. The lowest BCUT2D eigenvalue weighted by atomic mass is 9.41. The van der Waals surface area contributed by atoms with E-state index in [1.807, 2.05) is 6.92 Å². The van der Waals surface area contributed by atoms with Gasteiger partial charge in [-0.3, -0.25) is 0 Å². The first kappa shape index (κ1) is 29.9. The minimum atomic E-state index is -3.89. The number of aliphatic hydroxyl groups excluding tert-OH is 1. The molecule has 6 nitrogen and oxygen atoms in total. The zero-order valence-corrected chi connectivity index (χ0v) is 26.1.